The van der Waals surface area contributed by atoms with Crippen LogP contribution >= 0.6 is 0 Å². The maximum atomic E-state index is 12.1. The highest BCUT2D eigenvalue weighted by molar-refractivity contribution is 5.95. The van der Waals surface area contributed by atoms with Crippen LogP contribution in [0.2, 0.25) is 0 Å². The maximum absolute atomic E-state index is 12.1. The van der Waals surface area contributed by atoms with E-state index in [2.05, 4.69) is 5.32 Å². The molecule has 2 rings (SSSR count). The lowest BCUT2D eigenvalue weighted by Crippen LogP contribution is -2.41. The van der Waals surface area contributed by atoms with Crippen LogP contribution in [0.25, 0.3) is 0 Å². The molecule has 0 spiro atoms. The third kappa shape index (κ3) is 3.13. The standard InChI is InChI=1S/C14H15NO4/c16-10-5-3-4-9(8-10)15-13(17)11-6-1-2-7-12(11)14(18)19/h1-5,8,11-12,16H,6-7H2,(H,15,17)(H,18,19)/p-1/t11-,12-/m0/s1. The number of hydrogen-bond donors (Lipinski definition) is 2. The molecule has 0 saturated carbocycles. The van der Waals surface area contributed by atoms with Crippen molar-refractivity contribution in [2.45, 2.75) is 12.8 Å². The Morgan fingerprint density at radius 1 is 1.21 bits per heavy atom. The van der Waals surface area contributed by atoms with E-state index in [0.717, 1.165) is 0 Å². The number of carbonyl (C=O) groups excluding carboxylic acids is 2. The van der Waals surface area contributed by atoms with Gasteiger partial charge in [-0.2, -0.15) is 0 Å². The molecule has 0 aromatic heterocycles. The first-order valence-corrected chi connectivity index (χ1v) is 6.03. The Hall–Kier alpha value is -2.30. The number of carboxylic acids is 1. The summed E-state index contributed by atoms with van der Waals surface area (Å²) in [4.78, 5) is 23.1. The van der Waals surface area contributed by atoms with Crippen molar-refractivity contribution in [3.8, 4) is 5.75 Å². The molecule has 100 valence electrons. The van der Waals surface area contributed by atoms with Crippen LogP contribution in [0.1, 0.15) is 12.8 Å². The van der Waals surface area contributed by atoms with E-state index in [0.29, 0.717) is 18.5 Å². The van der Waals surface area contributed by atoms with Gasteiger partial charge in [0.25, 0.3) is 0 Å². The molecule has 0 aliphatic heterocycles. The molecule has 1 aromatic rings. The highest BCUT2D eigenvalue weighted by Gasteiger charge is 2.29. The van der Waals surface area contributed by atoms with E-state index < -0.39 is 17.8 Å². The summed E-state index contributed by atoms with van der Waals surface area (Å²) < 4.78 is 0. The molecule has 2 N–H and O–H groups in total. The molecule has 2 atom stereocenters. The number of phenolic OH excluding ortho intramolecular Hbond substituents is 1. The van der Waals surface area contributed by atoms with E-state index in [1.807, 2.05) is 0 Å². The quantitative estimate of drug-likeness (QED) is 0.781. The van der Waals surface area contributed by atoms with Gasteiger partial charge in [-0.3, -0.25) is 4.79 Å². The number of aliphatic carboxylic acids is 1. The van der Waals surface area contributed by atoms with Crippen LogP contribution in [-0.2, 0) is 9.59 Å². The molecule has 1 aliphatic rings. The van der Waals surface area contributed by atoms with Crippen LogP contribution < -0.4 is 10.4 Å². The molecule has 1 amide bonds. The second kappa shape index (κ2) is 5.56. The number of anilines is 1. The van der Waals surface area contributed by atoms with Gasteiger partial charge in [0.1, 0.15) is 5.75 Å². The summed E-state index contributed by atoms with van der Waals surface area (Å²) in [5, 5.41) is 22.9. The third-order valence-corrected chi connectivity index (χ3v) is 3.19. The minimum atomic E-state index is -1.21. The lowest BCUT2D eigenvalue weighted by molar-refractivity contribution is -0.313. The molecule has 1 aromatic carbocycles. The monoisotopic (exact) mass is 260 g/mol. The summed E-state index contributed by atoms with van der Waals surface area (Å²) in [5.74, 6) is -2.98. The molecule has 5 heteroatoms. The van der Waals surface area contributed by atoms with Crippen molar-refractivity contribution in [1.29, 1.82) is 0 Å². The lowest BCUT2D eigenvalue weighted by atomic mass is 9.82. The largest absolute Gasteiger partial charge is 0.550 e. The van der Waals surface area contributed by atoms with Gasteiger partial charge in [-0.05, 0) is 25.0 Å². The van der Waals surface area contributed by atoms with E-state index in [-0.39, 0.29) is 11.7 Å². The number of hydrogen-bond acceptors (Lipinski definition) is 4. The number of amides is 1. The van der Waals surface area contributed by atoms with Crippen molar-refractivity contribution in [3.05, 3.63) is 36.4 Å². The van der Waals surface area contributed by atoms with Gasteiger partial charge in [-0.25, -0.2) is 0 Å². The summed E-state index contributed by atoms with van der Waals surface area (Å²) >= 11 is 0. The smallest absolute Gasteiger partial charge is 0.228 e. The molecule has 0 bridgehead atoms. The zero-order valence-electron chi connectivity index (χ0n) is 10.2. The molecular formula is C14H14NO4-. The number of benzene rings is 1. The summed E-state index contributed by atoms with van der Waals surface area (Å²) in [6.45, 7) is 0. The highest BCUT2D eigenvalue weighted by atomic mass is 16.4. The van der Waals surface area contributed by atoms with E-state index in [9.17, 15) is 19.8 Å². The Morgan fingerprint density at radius 2 is 1.89 bits per heavy atom. The number of allylic oxidation sites excluding steroid dienone is 2. The van der Waals surface area contributed by atoms with E-state index >= 15 is 0 Å². The summed E-state index contributed by atoms with van der Waals surface area (Å²) in [7, 11) is 0. The van der Waals surface area contributed by atoms with Gasteiger partial charge in [0.05, 0.1) is 5.92 Å². The molecular weight excluding hydrogens is 246 g/mol. The van der Waals surface area contributed by atoms with Crippen LogP contribution in [0.4, 0.5) is 5.69 Å². The Bertz CT molecular complexity index is 524. The fraction of sp³-hybridized carbons (Fsp3) is 0.286. The van der Waals surface area contributed by atoms with Gasteiger partial charge in [-0.1, -0.05) is 18.2 Å². The fourth-order valence-corrected chi connectivity index (χ4v) is 2.18. The molecule has 1 aliphatic carbocycles. The Kier molecular flexibility index (Phi) is 3.85. The Balaban J connectivity index is 2.10. The number of nitrogens with one attached hydrogen (secondary N) is 1. The Morgan fingerprint density at radius 3 is 2.53 bits per heavy atom. The predicted molar refractivity (Wildman–Crippen MR) is 67.1 cm³/mol. The minimum absolute atomic E-state index is 0.0396. The second-order valence-corrected chi connectivity index (χ2v) is 4.51. The van der Waals surface area contributed by atoms with E-state index in [1.54, 1.807) is 24.3 Å². The Labute approximate surface area is 110 Å². The van der Waals surface area contributed by atoms with Crippen LogP contribution in [0.5, 0.6) is 5.75 Å². The van der Waals surface area contributed by atoms with Gasteiger partial charge in [0, 0.05) is 23.6 Å². The van der Waals surface area contributed by atoms with Crippen molar-refractivity contribution in [2.24, 2.45) is 11.8 Å². The first-order valence-electron chi connectivity index (χ1n) is 6.03. The van der Waals surface area contributed by atoms with Gasteiger partial charge < -0.3 is 20.3 Å². The number of phenols is 1. The molecule has 0 unspecified atom stereocenters. The van der Waals surface area contributed by atoms with E-state index in [4.69, 9.17) is 0 Å². The second-order valence-electron chi connectivity index (χ2n) is 4.51. The third-order valence-electron chi connectivity index (χ3n) is 3.19. The fourth-order valence-electron chi connectivity index (χ4n) is 2.18. The van der Waals surface area contributed by atoms with Crippen molar-refractivity contribution < 1.29 is 19.8 Å². The van der Waals surface area contributed by atoms with Crippen LogP contribution in [0.3, 0.4) is 0 Å². The normalized spacial score (nSPS) is 21.9. The highest BCUT2D eigenvalue weighted by Crippen LogP contribution is 2.27. The van der Waals surface area contributed by atoms with Gasteiger partial charge in [-0.15, -0.1) is 0 Å². The predicted octanol–water partition coefficient (Wildman–Crippen LogP) is 0.663. The minimum Gasteiger partial charge on any atom is -0.550 e. The van der Waals surface area contributed by atoms with E-state index in [1.165, 1.54) is 12.1 Å². The van der Waals surface area contributed by atoms with Crippen molar-refractivity contribution in [2.75, 3.05) is 5.32 Å². The number of rotatable bonds is 3. The molecule has 0 heterocycles. The molecule has 5 nitrogen and oxygen atoms in total. The SMILES string of the molecule is O=C([O-])[C@H]1CC=CC[C@@H]1C(=O)Nc1cccc(O)c1. The maximum Gasteiger partial charge on any atom is 0.228 e. The molecule has 0 fully saturated rings. The van der Waals surface area contributed by atoms with Gasteiger partial charge >= 0.3 is 0 Å². The van der Waals surface area contributed by atoms with Crippen molar-refractivity contribution in [1.82, 2.24) is 0 Å². The number of aromatic hydroxyl groups is 1. The number of carbonyl (C=O) groups is 2. The van der Waals surface area contributed by atoms with Crippen LogP contribution in [0.15, 0.2) is 36.4 Å². The molecule has 0 radical (unpaired) electrons. The van der Waals surface area contributed by atoms with Crippen molar-refractivity contribution in [3.63, 3.8) is 0 Å². The van der Waals surface area contributed by atoms with Gasteiger partial charge in [0.15, 0.2) is 0 Å². The molecule has 0 saturated heterocycles. The van der Waals surface area contributed by atoms with Crippen molar-refractivity contribution >= 4 is 17.6 Å². The zero-order valence-corrected chi connectivity index (χ0v) is 10.2. The average Bonchev–Trinajstić information content (AvgIpc) is 2.38. The molecule has 19 heavy (non-hydrogen) atoms. The zero-order chi connectivity index (χ0) is 13.8. The lowest BCUT2D eigenvalue weighted by Gasteiger charge is -2.28. The number of carboxylic acid groups (broad SMARTS) is 1. The van der Waals surface area contributed by atoms with Crippen LogP contribution in [-0.4, -0.2) is 17.0 Å². The topological polar surface area (TPSA) is 89.5 Å². The summed E-state index contributed by atoms with van der Waals surface area (Å²) in [5.41, 5.74) is 0.441. The summed E-state index contributed by atoms with van der Waals surface area (Å²) in [6.07, 6.45) is 4.23. The van der Waals surface area contributed by atoms with Crippen LogP contribution in [0, 0.1) is 11.8 Å². The van der Waals surface area contributed by atoms with Gasteiger partial charge in [0.2, 0.25) is 5.91 Å². The summed E-state index contributed by atoms with van der Waals surface area (Å²) in [6, 6.07) is 6.12. The first-order chi connectivity index (χ1) is 9.08. The average molecular weight is 260 g/mol. The first kappa shape index (κ1) is 13.1.